The maximum atomic E-state index is 14.0. The van der Waals surface area contributed by atoms with E-state index in [9.17, 15) is 28.0 Å². The fourth-order valence-electron chi connectivity index (χ4n) is 5.13. The number of imide groups is 1. The van der Waals surface area contributed by atoms with Crippen LogP contribution in [0.15, 0.2) is 52.8 Å². The quantitative estimate of drug-likeness (QED) is 0.455. The molecule has 0 radical (unpaired) electrons. The summed E-state index contributed by atoms with van der Waals surface area (Å²) in [6.07, 6.45) is 0.590. The molecular formula is C26H26F3N3O2. The Morgan fingerprint density at radius 3 is 2.56 bits per heavy atom. The number of para-hydroxylation sites is 1. The number of amides is 2. The summed E-state index contributed by atoms with van der Waals surface area (Å²) in [5, 5.41) is 9.42. The second-order valence-corrected chi connectivity index (χ2v) is 9.30. The minimum atomic E-state index is -5.02. The molecule has 0 bridgehead atoms. The number of aryl methyl sites for hydroxylation is 1. The van der Waals surface area contributed by atoms with E-state index in [1.807, 2.05) is 32.9 Å². The molecule has 0 N–H and O–H groups in total. The van der Waals surface area contributed by atoms with Crippen LogP contribution in [0, 0.1) is 11.3 Å². The summed E-state index contributed by atoms with van der Waals surface area (Å²) in [7, 11) is 0. The number of allylic oxidation sites excluding steroid dienone is 3. The molecule has 1 aromatic carbocycles. The van der Waals surface area contributed by atoms with Crippen molar-refractivity contribution in [2.24, 2.45) is 0 Å². The lowest BCUT2D eigenvalue weighted by Crippen LogP contribution is -2.45. The molecule has 4 rings (SSSR count). The monoisotopic (exact) mass is 469 g/mol. The van der Waals surface area contributed by atoms with E-state index in [0.29, 0.717) is 12.8 Å². The second-order valence-electron chi connectivity index (χ2n) is 9.30. The minimum Gasteiger partial charge on any atom is -0.344 e. The number of hydrogen-bond acceptors (Lipinski definition) is 4. The zero-order chi connectivity index (χ0) is 24.8. The number of nitrogens with zero attached hydrogens (tertiary/aromatic N) is 3. The van der Waals surface area contributed by atoms with E-state index in [2.05, 4.69) is 11.0 Å². The van der Waals surface area contributed by atoms with Crippen LogP contribution in [0.2, 0.25) is 0 Å². The van der Waals surface area contributed by atoms with Gasteiger partial charge < -0.3 is 4.90 Å². The van der Waals surface area contributed by atoms with Crippen LogP contribution in [0.3, 0.4) is 0 Å². The first-order valence-electron chi connectivity index (χ1n) is 11.4. The summed E-state index contributed by atoms with van der Waals surface area (Å²) in [6.45, 7) is 6.54. The Labute approximate surface area is 196 Å². The molecule has 0 saturated heterocycles. The van der Waals surface area contributed by atoms with Crippen LogP contribution < -0.4 is 4.90 Å². The molecule has 0 unspecified atom stereocenters. The van der Waals surface area contributed by atoms with Gasteiger partial charge in [0.2, 0.25) is 0 Å². The van der Waals surface area contributed by atoms with E-state index in [1.165, 1.54) is 11.6 Å². The molecule has 1 aromatic rings. The van der Waals surface area contributed by atoms with Gasteiger partial charge in [-0.15, -0.1) is 0 Å². The first kappa shape index (κ1) is 23.8. The highest BCUT2D eigenvalue weighted by Gasteiger charge is 2.49. The Balaban J connectivity index is 1.88. The van der Waals surface area contributed by atoms with Crippen LogP contribution in [0.25, 0.3) is 0 Å². The van der Waals surface area contributed by atoms with Crippen LogP contribution in [0.4, 0.5) is 18.9 Å². The van der Waals surface area contributed by atoms with Gasteiger partial charge in [-0.25, -0.2) is 0 Å². The predicted molar refractivity (Wildman–Crippen MR) is 122 cm³/mol. The van der Waals surface area contributed by atoms with Crippen molar-refractivity contribution in [2.45, 2.75) is 58.0 Å². The van der Waals surface area contributed by atoms with Crippen molar-refractivity contribution in [3.05, 3.63) is 63.9 Å². The number of carbonyl (C=O) groups is 2. The number of unbranched alkanes of at least 4 members (excludes halogenated alkanes) is 1. The summed E-state index contributed by atoms with van der Waals surface area (Å²) >= 11 is 0. The number of halogens is 3. The van der Waals surface area contributed by atoms with Gasteiger partial charge in [0, 0.05) is 29.9 Å². The molecule has 2 amide bonds. The van der Waals surface area contributed by atoms with Gasteiger partial charge in [-0.05, 0) is 42.5 Å². The van der Waals surface area contributed by atoms with Gasteiger partial charge in [0.25, 0.3) is 11.8 Å². The summed E-state index contributed by atoms with van der Waals surface area (Å²) in [5.41, 5.74) is 0.506. The third-order valence-electron chi connectivity index (χ3n) is 6.81. The average Bonchev–Trinajstić information content (AvgIpc) is 3.00. The molecule has 3 heterocycles. The fourth-order valence-corrected chi connectivity index (χ4v) is 5.13. The standard InChI is InChI=1S/C26H26F3N3O2/c1-4-5-13-32-23(33)17(21(26(27,28)29)18(15-30)24(32)34)11-12-20-25(2,3)19-10-6-8-16-9-7-14-31(20)22(16)19/h6,8,10-12H,4-5,7,9,13-14H2,1-3H3. The summed E-state index contributed by atoms with van der Waals surface area (Å²) in [5.74, 6) is -2.21. The molecule has 0 aliphatic carbocycles. The van der Waals surface area contributed by atoms with Crippen molar-refractivity contribution < 1.29 is 22.8 Å². The Morgan fingerprint density at radius 1 is 1.18 bits per heavy atom. The number of rotatable bonds is 4. The van der Waals surface area contributed by atoms with Gasteiger partial charge >= 0.3 is 6.18 Å². The average molecular weight is 470 g/mol. The SMILES string of the molecule is CCCCN1C(=O)C(=CC=C2N3CCCc4cccc(c43)C2(C)C)C(C(F)(F)F)=C(C#N)C1=O. The Hall–Kier alpha value is -3.34. The first-order valence-corrected chi connectivity index (χ1v) is 11.4. The molecule has 0 fully saturated rings. The zero-order valence-corrected chi connectivity index (χ0v) is 19.4. The van der Waals surface area contributed by atoms with Gasteiger partial charge in [0.15, 0.2) is 0 Å². The lowest BCUT2D eigenvalue weighted by Gasteiger charge is -2.31. The molecule has 0 spiro atoms. The van der Waals surface area contributed by atoms with E-state index >= 15 is 0 Å². The van der Waals surface area contributed by atoms with Crippen molar-refractivity contribution in [1.29, 1.82) is 5.26 Å². The highest BCUT2D eigenvalue weighted by atomic mass is 19.4. The molecule has 3 aliphatic rings. The van der Waals surface area contributed by atoms with E-state index < -0.39 is 40.1 Å². The topological polar surface area (TPSA) is 64.4 Å². The van der Waals surface area contributed by atoms with Crippen LogP contribution in [0.5, 0.6) is 0 Å². The number of carbonyl (C=O) groups excluding carboxylic acids is 2. The largest absolute Gasteiger partial charge is 0.418 e. The third kappa shape index (κ3) is 3.64. The van der Waals surface area contributed by atoms with E-state index in [-0.39, 0.29) is 6.54 Å². The van der Waals surface area contributed by atoms with Crippen molar-refractivity contribution in [1.82, 2.24) is 4.90 Å². The van der Waals surface area contributed by atoms with Crippen LogP contribution in [0.1, 0.15) is 51.2 Å². The summed E-state index contributed by atoms with van der Waals surface area (Å²) < 4.78 is 42.1. The van der Waals surface area contributed by atoms with Gasteiger partial charge in [-0.3, -0.25) is 14.5 Å². The number of nitriles is 1. The third-order valence-corrected chi connectivity index (χ3v) is 6.81. The highest BCUT2D eigenvalue weighted by molar-refractivity contribution is 6.18. The predicted octanol–water partition coefficient (Wildman–Crippen LogP) is 5.09. The van der Waals surface area contributed by atoms with Gasteiger partial charge in [0.1, 0.15) is 11.6 Å². The fraction of sp³-hybridized carbons (Fsp3) is 0.423. The van der Waals surface area contributed by atoms with Crippen molar-refractivity contribution >= 4 is 17.5 Å². The Kier molecular flexibility index (Phi) is 5.92. The molecule has 8 heteroatoms. The molecule has 0 aromatic heterocycles. The molecule has 178 valence electrons. The van der Waals surface area contributed by atoms with Crippen LogP contribution in [-0.4, -0.2) is 36.0 Å². The maximum Gasteiger partial charge on any atom is 0.418 e. The number of hydrogen-bond donors (Lipinski definition) is 0. The van der Waals surface area contributed by atoms with E-state index in [1.54, 1.807) is 6.08 Å². The number of benzene rings is 1. The van der Waals surface area contributed by atoms with Gasteiger partial charge in [-0.1, -0.05) is 45.4 Å². The normalized spacial score (nSPS) is 22.0. The molecular weight excluding hydrogens is 443 g/mol. The smallest absolute Gasteiger partial charge is 0.344 e. The van der Waals surface area contributed by atoms with E-state index in [0.717, 1.165) is 47.3 Å². The van der Waals surface area contributed by atoms with Gasteiger partial charge in [0.05, 0.1) is 11.1 Å². The molecule has 0 atom stereocenters. The molecule has 34 heavy (non-hydrogen) atoms. The van der Waals surface area contributed by atoms with Crippen molar-refractivity contribution in [3.8, 4) is 6.07 Å². The summed E-state index contributed by atoms with van der Waals surface area (Å²) in [4.78, 5) is 28.6. The van der Waals surface area contributed by atoms with Crippen molar-refractivity contribution in [3.63, 3.8) is 0 Å². The zero-order valence-electron chi connectivity index (χ0n) is 19.4. The number of anilines is 1. The number of alkyl halides is 3. The van der Waals surface area contributed by atoms with Crippen LogP contribution >= 0.6 is 0 Å². The molecule has 3 aliphatic heterocycles. The maximum absolute atomic E-state index is 14.0. The Morgan fingerprint density at radius 2 is 1.91 bits per heavy atom. The van der Waals surface area contributed by atoms with Crippen molar-refractivity contribution in [2.75, 3.05) is 18.0 Å². The minimum absolute atomic E-state index is 0.0369. The second kappa shape index (κ2) is 8.46. The molecule has 0 saturated carbocycles. The highest BCUT2D eigenvalue weighted by Crippen LogP contribution is 2.51. The lowest BCUT2D eigenvalue weighted by molar-refractivity contribution is -0.143. The first-order chi connectivity index (χ1) is 16.0. The van der Waals surface area contributed by atoms with Crippen LogP contribution in [-0.2, 0) is 21.4 Å². The van der Waals surface area contributed by atoms with E-state index in [4.69, 9.17) is 0 Å². The summed E-state index contributed by atoms with van der Waals surface area (Å²) in [6, 6.07) is 7.49. The molecule has 5 nitrogen and oxygen atoms in total. The Bertz CT molecular complexity index is 1200. The lowest BCUT2D eigenvalue weighted by atomic mass is 9.82. The van der Waals surface area contributed by atoms with Gasteiger partial charge in [-0.2, -0.15) is 18.4 Å².